The Labute approximate surface area is 88.1 Å². The molecular formula is C10H9F3OS. The van der Waals surface area contributed by atoms with E-state index in [0.717, 1.165) is 6.07 Å². The highest BCUT2D eigenvalue weighted by molar-refractivity contribution is 7.85. The molecule has 0 spiro atoms. The lowest BCUT2D eigenvalue weighted by Crippen LogP contribution is -2.10. The first kappa shape index (κ1) is 12.0. The second-order valence-corrected chi connectivity index (χ2v) is 4.26. The molecule has 0 unspecified atom stereocenters. The maximum absolute atomic E-state index is 12.5. The normalized spacial score (nSPS) is 13.5. The molecule has 5 heteroatoms. The summed E-state index contributed by atoms with van der Waals surface area (Å²) in [5.74, 6) is 0.0209. The zero-order valence-corrected chi connectivity index (χ0v) is 8.57. The summed E-state index contributed by atoms with van der Waals surface area (Å²) in [6.45, 7) is 3.34. The minimum absolute atomic E-state index is 0.0209. The molecule has 15 heavy (non-hydrogen) atoms. The largest absolute Gasteiger partial charge is 0.417 e. The Balaban J connectivity index is 3.18. The van der Waals surface area contributed by atoms with E-state index in [1.54, 1.807) is 0 Å². The van der Waals surface area contributed by atoms with Crippen LogP contribution in [-0.2, 0) is 17.0 Å². The average Bonchev–Trinajstić information content (AvgIpc) is 2.17. The quantitative estimate of drug-likeness (QED) is 0.735. The molecule has 0 aliphatic rings. The Hall–Kier alpha value is -1.10. The lowest BCUT2D eigenvalue weighted by Gasteiger charge is -2.11. The van der Waals surface area contributed by atoms with Gasteiger partial charge in [-0.05, 0) is 12.1 Å². The van der Waals surface area contributed by atoms with Crippen molar-refractivity contribution in [1.82, 2.24) is 0 Å². The minimum Gasteiger partial charge on any atom is -0.254 e. The van der Waals surface area contributed by atoms with Gasteiger partial charge in [0.05, 0.1) is 21.3 Å². The van der Waals surface area contributed by atoms with Gasteiger partial charge in [0.15, 0.2) is 0 Å². The lowest BCUT2D eigenvalue weighted by atomic mass is 10.2. The monoisotopic (exact) mass is 234 g/mol. The molecule has 1 atom stereocenters. The fourth-order valence-electron chi connectivity index (χ4n) is 1.10. The molecule has 1 nitrogen and oxygen atoms in total. The van der Waals surface area contributed by atoms with Crippen molar-refractivity contribution >= 4 is 10.8 Å². The Bertz CT molecular complexity index is 384. The predicted molar refractivity (Wildman–Crippen MR) is 52.9 cm³/mol. The van der Waals surface area contributed by atoms with Crippen LogP contribution in [0.5, 0.6) is 0 Å². The van der Waals surface area contributed by atoms with Gasteiger partial charge < -0.3 is 0 Å². The molecule has 0 saturated heterocycles. The zero-order chi connectivity index (χ0) is 11.5. The molecule has 0 N–H and O–H groups in total. The van der Waals surface area contributed by atoms with Crippen molar-refractivity contribution in [2.45, 2.75) is 11.1 Å². The molecule has 0 amide bonds. The van der Waals surface area contributed by atoms with Crippen LogP contribution in [0.15, 0.2) is 41.8 Å². The number of halogens is 3. The van der Waals surface area contributed by atoms with Crippen LogP contribution in [0, 0.1) is 0 Å². The molecule has 0 aliphatic heterocycles. The van der Waals surface area contributed by atoms with Gasteiger partial charge in [0, 0.05) is 5.75 Å². The first-order chi connectivity index (χ1) is 6.96. The van der Waals surface area contributed by atoms with Crippen molar-refractivity contribution in [3.05, 3.63) is 42.5 Å². The van der Waals surface area contributed by atoms with Gasteiger partial charge in [0.2, 0.25) is 0 Å². The van der Waals surface area contributed by atoms with Gasteiger partial charge in [0.1, 0.15) is 0 Å². The molecule has 0 radical (unpaired) electrons. The number of alkyl halides is 3. The lowest BCUT2D eigenvalue weighted by molar-refractivity contribution is -0.139. The Morgan fingerprint density at radius 2 is 1.93 bits per heavy atom. The Morgan fingerprint density at radius 3 is 2.47 bits per heavy atom. The highest BCUT2D eigenvalue weighted by atomic mass is 32.2. The van der Waals surface area contributed by atoms with Crippen molar-refractivity contribution in [2.24, 2.45) is 0 Å². The Kier molecular flexibility index (Phi) is 3.68. The first-order valence-electron chi connectivity index (χ1n) is 4.12. The summed E-state index contributed by atoms with van der Waals surface area (Å²) in [6, 6.07) is 4.86. The van der Waals surface area contributed by atoms with Crippen LogP contribution in [0.1, 0.15) is 5.56 Å². The number of hydrogen-bond acceptors (Lipinski definition) is 1. The van der Waals surface area contributed by atoms with Gasteiger partial charge >= 0.3 is 6.18 Å². The van der Waals surface area contributed by atoms with E-state index in [2.05, 4.69) is 6.58 Å². The molecule has 0 aliphatic carbocycles. The third kappa shape index (κ3) is 2.92. The van der Waals surface area contributed by atoms with Gasteiger partial charge in [-0.15, -0.1) is 6.58 Å². The fourth-order valence-corrected chi connectivity index (χ4v) is 2.15. The van der Waals surface area contributed by atoms with Crippen LogP contribution < -0.4 is 0 Å². The highest BCUT2D eigenvalue weighted by Crippen LogP contribution is 2.33. The van der Waals surface area contributed by atoms with E-state index in [-0.39, 0.29) is 10.6 Å². The maximum Gasteiger partial charge on any atom is 0.417 e. The molecule has 0 bridgehead atoms. The van der Waals surface area contributed by atoms with E-state index < -0.39 is 22.5 Å². The van der Waals surface area contributed by atoms with E-state index in [9.17, 15) is 17.4 Å². The van der Waals surface area contributed by atoms with Crippen LogP contribution in [0.25, 0.3) is 0 Å². The van der Waals surface area contributed by atoms with E-state index in [1.165, 1.54) is 24.3 Å². The number of rotatable bonds is 3. The SMILES string of the molecule is C=CC[S@](=O)c1ccccc1C(F)(F)F. The number of benzene rings is 1. The first-order valence-corrected chi connectivity index (χ1v) is 5.44. The van der Waals surface area contributed by atoms with E-state index in [1.807, 2.05) is 0 Å². The molecule has 0 fully saturated rings. The fraction of sp³-hybridized carbons (Fsp3) is 0.200. The van der Waals surface area contributed by atoms with Crippen LogP contribution in [0.2, 0.25) is 0 Å². The molecule has 1 aromatic carbocycles. The van der Waals surface area contributed by atoms with Crippen molar-refractivity contribution < 1.29 is 17.4 Å². The highest BCUT2D eigenvalue weighted by Gasteiger charge is 2.34. The van der Waals surface area contributed by atoms with E-state index in [4.69, 9.17) is 0 Å². The second kappa shape index (κ2) is 4.61. The second-order valence-electron chi connectivity index (χ2n) is 2.79. The van der Waals surface area contributed by atoms with Crippen molar-refractivity contribution in [2.75, 3.05) is 5.75 Å². The van der Waals surface area contributed by atoms with Crippen molar-refractivity contribution in [3.63, 3.8) is 0 Å². The number of hydrogen-bond donors (Lipinski definition) is 0. The summed E-state index contributed by atoms with van der Waals surface area (Å²) in [5.41, 5.74) is -0.842. The van der Waals surface area contributed by atoms with E-state index in [0.29, 0.717) is 0 Å². The van der Waals surface area contributed by atoms with Crippen LogP contribution in [0.4, 0.5) is 13.2 Å². The molecule has 1 rings (SSSR count). The molecule has 0 aromatic heterocycles. The summed E-state index contributed by atoms with van der Waals surface area (Å²) in [4.78, 5) is -0.190. The molecule has 1 aromatic rings. The van der Waals surface area contributed by atoms with E-state index >= 15 is 0 Å². The van der Waals surface area contributed by atoms with Crippen molar-refractivity contribution in [3.8, 4) is 0 Å². The zero-order valence-electron chi connectivity index (χ0n) is 7.75. The summed E-state index contributed by atoms with van der Waals surface area (Å²) in [7, 11) is -1.68. The predicted octanol–water partition coefficient (Wildman–Crippen LogP) is 3.00. The van der Waals surface area contributed by atoms with Gasteiger partial charge in [-0.25, -0.2) is 0 Å². The third-order valence-corrected chi connectivity index (χ3v) is 3.09. The summed E-state index contributed by atoms with van der Waals surface area (Å²) < 4.78 is 48.9. The minimum atomic E-state index is -4.46. The van der Waals surface area contributed by atoms with Gasteiger partial charge in [-0.3, -0.25) is 4.21 Å². The molecule has 0 saturated carbocycles. The van der Waals surface area contributed by atoms with Crippen LogP contribution in [0.3, 0.4) is 0 Å². The van der Waals surface area contributed by atoms with Gasteiger partial charge in [0.25, 0.3) is 0 Å². The molecule has 82 valence electrons. The maximum atomic E-state index is 12.5. The summed E-state index contributed by atoms with van der Waals surface area (Å²) >= 11 is 0. The van der Waals surface area contributed by atoms with Gasteiger partial charge in [-0.1, -0.05) is 18.2 Å². The molecular weight excluding hydrogens is 225 g/mol. The summed E-state index contributed by atoms with van der Waals surface area (Å²) in [6.07, 6.45) is -3.13. The van der Waals surface area contributed by atoms with Crippen LogP contribution in [-0.4, -0.2) is 9.96 Å². The standard InChI is InChI=1S/C10H9F3OS/c1-2-7-15(14)9-6-4-3-5-8(9)10(11,12)13/h2-6H,1,7H2/t15-/m0/s1. The van der Waals surface area contributed by atoms with Crippen LogP contribution >= 0.6 is 0 Å². The average molecular weight is 234 g/mol. The Morgan fingerprint density at radius 1 is 1.33 bits per heavy atom. The molecule has 0 heterocycles. The van der Waals surface area contributed by atoms with Crippen molar-refractivity contribution in [1.29, 1.82) is 0 Å². The smallest absolute Gasteiger partial charge is 0.254 e. The third-order valence-electron chi connectivity index (χ3n) is 1.71. The van der Waals surface area contributed by atoms with Gasteiger partial charge in [-0.2, -0.15) is 13.2 Å². The topological polar surface area (TPSA) is 17.1 Å². The summed E-state index contributed by atoms with van der Waals surface area (Å²) in [5, 5.41) is 0.